The van der Waals surface area contributed by atoms with Gasteiger partial charge in [0.1, 0.15) is 0 Å². The number of likely N-dealkylation sites (N-methyl/N-ethyl adjacent to an activating group) is 1. The Balaban J connectivity index is 2.15. The Labute approximate surface area is 120 Å². The summed E-state index contributed by atoms with van der Waals surface area (Å²) >= 11 is 6.26. The van der Waals surface area contributed by atoms with Gasteiger partial charge >= 0.3 is 0 Å². The number of carbonyl (C=O) groups is 1. The van der Waals surface area contributed by atoms with Crippen molar-refractivity contribution in [1.82, 2.24) is 9.80 Å². The summed E-state index contributed by atoms with van der Waals surface area (Å²) < 4.78 is 0. The molecule has 0 atom stereocenters. The number of hydrogen-bond donors (Lipinski definition) is 0. The highest BCUT2D eigenvalue weighted by atomic mass is 35.5. The SMILES string of the molecule is CC(C)c1ccc(C(=O)N2CCN(C)CC2)c(Cl)c1. The Morgan fingerprint density at radius 1 is 1.21 bits per heavy atom. The third-order valence-electron chi connectivity index (χ3n) is 3.68. The summed E-state index contributed by atoms with van der Waals surface area (Å²) in [5.41, 5.74) is 1.79. The number of piperazine rings is 1. The van der Waals surface area contributed by atoms with E-state index in [1.165, 1.54) is 5.56 Å². The summed E-state index contributed by atoms with van der Waals surface area (Å²) in [6, 6.07) is 5.77. The molecule has 104 valence electrons. The van der Waals surface area contributed by atoms with Gasteiger partial charge in [-0.25, -0.2) is 0 Å². The lowest BCUT2D eigenvalue weighted by Crippen LogP contribution is -2.47. The Morgan fingerprint density at radius 2 is 1.84 bits per heavy atom. The molecule has 1 fully saturated rings. The first-order chi connectivity index (χ1) is 8.99. The van der Waals surface area contributed by atoms with E-state index >= 15 is 0 Å². The minimum absolute atomic E-state index is 0.0495. The molecule has 0 N–H and O–H groups in total. The number of hydrogen-bond acceptors (Lipinski definition) is 2. The molecule has 1 saturated heterocycles. The number of nitrogens with zero attached hydrogens (tertiary/aromatic N) is 2. The zero-order valence-corrected chi connectivity index (χ0v) is 12.6. The lowest BCUT2D eigenvalue weighted by molar-refractivity contribution is 0.0664. The highest BCUT2D eigenvalue weighted by Crippen LogP contribution is 2.24. The van der Waals surface area contributed by atoms with E-state index in [-0.39, 0.29) is 5.91 Å². The molecule has 0 bridgehead atoms. The summed E-state index contributed by atoms with van der Waals surface area (Å²) in [6.07, 6.45) is 0. The van der Waals surface area contributed by atoms with Crippen molar-refractivity contribution in [3.63, 3.8) is 0 Å². The molecule has 1 heterocycles. The minimum Gasteiger partial charge on any atom is -0.336 e. The van der Waals surface area contributed by atoms with Crippen LogP contribution in [-0.4, -0.2) is 48.9 Å². The van der Waals surface area contributed by atoms with Crippen molar-refractivity contribution >= 4 is 17.5 Å². The van der Waals surface area contributed by atoms with Crippen LogP contribution < -0.4 is 0 Å². The van der Waals surface area contributed by atoms with Gasteiger partial charge in [-0.3, -0.25) is 4.79 Å². The van der Waals surface area contributed by atoms with Gasteiger partial charge in [0.15, 0.2) is 0 Å². The maximum Gasteiger partial charge on any atom is 0.255 e. The zero-order valence-electron chi connectivity index (χ0n) is 11.8. The Kier molecular flexibility index (Phi) is 4.48. The number of halogens is 1. The molecule has 4 heteroatoms. The predicted octanol–water partition coefficient (Wildman–Crippen LogP) is 2.85. The van der Waals surface area contributed by atoms with Gasteiger partial charge in [0.05, 0.1) is 10.6 Å². The van der Waals surface area contributed by atoms with E-state index in [0.717, 1.165) is 26.2 Å². The van der Waals surface area contributed by atoms with Gasteiger partial charge in [-0.05, 0) is 30.7 Å². The second-order valence-corrected chi connectivity index (χ2v) is 5.90. The van der Waals surface area contributed by atoms with Crippen LogP contribution in [0, 0.1) is 0 Å². The fourth-order valence-electron chi connectivity index (χ4n) is 2.24. The fourth-order valence-corrected chi connectivity index (χ4v) is 2.51. The smallest absolute Gasteiger partial charge is 0.255 e. The Bertz CT molecular complexity index is 465. The molecule has 1 aliphatic rings. The third-order valence-corrected chi connectivity index (χ3v) is 3.99. The molecule has 0 saturated carbocycles. The number of carbonyl (C=O) groups excluding carboxylic acids is 1. The average molecular weight is 281 g/mol. The summed E-state index contributed by atoms with van der Waals surface area (Å²) in [6.45, 7) is 7.64. The van der Waals surface area contributed by atoms with Gasteiger partial charge in [0, 0.05) is 26.2 Å². The summed E-state index contributed by atoms with van der Waals surface area (Å²) in [7, 11) is 2.08. The normalized spacial score (nSPS) is 17.0. The van der Waals surface area contributed by atoms with Crippen LogP contribution in [-0.2, 0) is 0 Å². The summed E-state index contributed by atoms with van der Waals surface area (Å²) in [4.78, 5) is 16.5. The first-order valence-electron chi connectivity index (χ1n) is 6.76. The van der Waals surface area contributed by atoms with Crippen LogP contribution in [0.2, 0.25) is 5.02 Å². The molecule has 1 aromatic carbocycles. The standard InChI is InChI=1S/C15H21ClN2O/c1-11(2)12-4-5-13(14(16)10-12)15(19)18-8-6-17(3)7-9-18/h4-5,10-11H,6-9H2,1-3H3. The molecular weight excluding hydrogens is 260 g/mol. The van der Waals surface area contributed by atoms with Gasteiger partial charge in [-0.15, -0.1) is 0 Å². The van der Waals surface area contributed by atoms with Crippen LogP contribution in [0.3, 0.4) is 0 Å². The molecule has 1 aromatic rings. The number of benzene rings is 1. The van der Waals surface area contributed by atoms with Crippen molar-refractivity contribution in [1.29, 1.82) is 0 Å². The van der Waals surface area contributed by atoms with Crippen molar-refractivity contribution in [2.45, 2.75) is 19.8 Å². The lowest BCUT2D eigenvalue weighted by Gasteiger charge is -2.32. The molecule has 19 heavy (non-hydrogen) atoms. The Morgan fingerprint density at radius 3 is 2.37 bits per heavy atom. The number of rotatable bonds is 2. The summed E-state index contributed by atoms with van der Waals surface area (Å²) in [5.74, 6) is 0.471. The maximum atomic E-state index is 12.4. The molecule has 3 nitrogen and oxygen atoms in total. The van der Waals surface area contributed by atoms with Crippen molar-refractivity contribution in [2.24, 2.45) is 0 Å². The van der Waals surface area contributed by atoms with Crippen molar-refractivity contribution in [3.05, 3.63) is 34.3 Å². The second-order valence-electron chi connectivity index (χ2n) is 5.49. The van der Waals surface area contributed by atoms with Gasteiger partial charge in [0.2, 0.25) is 0 Å². The first-order valence-corrected chi connectivity index (χ1v) is 7.14. The molecule has 1 aliphatic heterocycles. The molecule has 0 spiro atoms. The first kappa shape index (κ1) is 14.4. The predicted molar refractivity (Wildman–Crippen MR) is 78.9 cm³/mol. The fraction of sp³-hybridized carbons (Fsp3) is 0.533. The number of amides is 1. The topological polar surface area (TPSA) is 23.6 Å². The van der Waals surface area contributed by atoms with Gasteiger partial charge in [0.25, 0.3) is 5.91 Å². The van der Waals surface area contributed by atoms with Crippen LogP contribution >= 0.6 is 11.6 Å². The van der Waals surface area contributed by atoms with Crippen LogP contribution in [0.5, 0.6) is 0 Å². The highest BCUT2D eigenvalue weighted by Gasteiger charge is 2.22. The van der Waals surface area contributed by atoms with Crippen molar-refractivity contribution in [2.75, 3.05) is 33.2 Å². The largest absolute Gasteiger partial charge is 0.336 e. The van der Waals surface area contributed by atoms with E-state index < -0.39 is 0 Å². The van der Waals surface area contributed by atoms with Crippen LogP contribution in [0.1, 0.15) is 35.7 Å². The van der Waals surface area contributed by atoms with E-state index in [9.17, 15) is 4.79 Å². The van der Waals surface area contributed by atoms with Gasteiger partial charge < -0.3 is 9.80 Å². The van der Waals surface area contributed by atoms with Gasteiger partial charge in [-0.2, -0.15) is 0 Å². The highest BCUT2D eigenvalue weighted by molar-refractivity contribution is 6.33. The zero-order chi connectivity index (χ0) is 14.0. The molecule has 1 amide bonds. The average Bonchev–Trinajstić information content (AvgIpc) is 2.38. The molecule has 0 unspecified atom stereocenters. The van der Waals surface area contributed by atoms with Crippen molar-refractivity contribution < 1.29 is 4.79 Å². The van der Waals surface area contributed by atoms with E-state index in [0.29, 0.717) is 16.5 Å². The quantitative estimate of drug-likeness (QED) is 0.832. The van der Waals surface area contributed by atoms with Crippen LogP contribution in [0.4, 0.5) is 0 Å². The van der Waals surface area contributed by atoms with Gasteiger partial charge in [-0.1, -0.05) is 31.5 Å². The molecule has 0 radical (unpaired) electrons. The van der Waals surface area contributed by atoms with Crippen LogP contribution in [0.25, 0.3) is 0 Å². The molecule has 2 rings (SSSR count). The van der Waals surface area contributed by atoms with Crippen LogP contribution in [0.15, 0.2) is 18.2 Å². The van der Waals surface area contributed by atoms with E-state index in [2.05, 4.69) is 25.8 Å². The lowest BCUT2D eigenvalue weighted by atomic mass is 10.0. The van der Waals surface area contributed by atoms with E-state index in [1.807, 2.05) is 23.1 Å². The Hall–Kier alpha value is -1.06. The van der Waals surface area contributed by atoms with E-state index in [1.54, 1.807) is 0 Å². The third kappa shape index (κ3) is 3.28. The minimum atomic E-state index is 0.0495. The van der Waals surface area contributed by atoms with E-state index in [4.69, 9.17) is 11.6 Å². The van der Waals surface area contributed by atoms with Crippen molar-refractivity contribution in [3.8, 4) is 0 Å². The second kappa shape index (κ2) is 5.93. The maximum absolute atomic E-state index is 12.4. The molecule has 0 aromatic heterocycles. The molecule has 0 aliphatic carbocycles. The summed E-state index contributed by atoms with van der Waals surface area (Å²) in [5, 5.41) is 0.565. The molecular formula is C15H21ClN2O. The monoisotopic (exact) mass is 280 g/mol.